The maximum absolute atomic E-state index is 13.4. The molecular weight excluding hydrogens is 408 g/mol. The molecule has 3 rings (SSSR count). The minimum atomic E-state index is -0.366. The Kier molecular flexibility index (Phi) is 9.53. The van der Waals surface area contributed by atoms with E-state index in [4.69, 9.17) is 0 Å². The molecule has 2 aromatic carbocycles. The van der Waals surface area contributed by atoms with Crippen LogP contribution in [0.3, 0.4) is 0 Å². The third kappa shape index (κ3) is 6.93. The molecule has 0 unspecified atom stereocenters. The number of nitrogens with one attached hydrogen (secondary N) is 1. The average molecular weight is 449 g/mol. The summed E-state index contributed by atoms with van der Waals surface area (Å²) in [6, 6.07) is 18.0. The molecule has 1 heterocycles. The molecule has 1 aliphatic heterocycles. The third-order valence-corrected chi connectivity index (χ3v) is 6.73. The van der Waals surface area contributed by atoms with E-state index >= 15 is 0 Å². The topological polar surface area (TPSA) is 49.4 Å². The Bertz CT molecular complexity index is 876. The summed E-state index contributed by atoms with van der Waals surface area (Å²) in [6.07, 6.45) is 7.78. The van der Waals surface area contributed by atoms with Crippen molar-refractivity contribution in [3.05, 3.63) is 71.3 Å². The van der Waals surface area contributed by atoms with Crippen molar-refractivity contribution in [2.24, 2.45) is 0 Å². The lowest BCUT2D eigenvalue weighted by Crippen LogP contribution is -2.47. The molecule has 1 N–H and O–H groups in total. The highest BCUT2D eigenvalue weighted by Gasteiger charge is 2.34. The quantitative estimate of drug-likeness (QED) is 0.406. The van der Waals surface area contributed by atoms with Crippen LogP contribution in [-0.2, 0) is 9.59 Å². The lowest BCUT2D eigenvalue weighted by atomic mass is 9.95. The molecule has 0 bridgehead atoms. The highest BCUT2D eigenvalue weighted by molar-refractivity contribution is 5.88. The highest BCUT2D eigenvalue weighted by atomic mass is 16.2. The van der Waals surface area contributed by atoms with Crippen LogP contribution in [0.15, 0.2) is 54.6 Å². The van der Waals surface area contributed by atoms with Gasteiger partial charge < -0.3 is 10.2 Å². The molecule has 2 amide bonds. The van der Waals surface area contributed by atoms with E-state index in [9.17, 15) is 9.59 Å². The van der Waals surface area contributed by atoms with Crippen molar-refractivity contribution in [3.63, 3.8) is 0 Å². The Hall–Kier alpha value is -2.62. The smallest absolute Gasteiger partial charge is 0.243 e. The number of carbonyl (C=O) groups is 2. The molecule has 4 heteroatoms. The normalized spacial score (nSPS) is 16.7. The zero-order chi connectivity index (χ0) is 23.6. The van der Waals surface area contributed by atoms with Crippen molar-refractivity contribution >= 4 is 11.8 Å². The number of hydrogen-bond acceptors (Lipinski definition) is 2. The van der Waals surface area contributed by atoms with Gasteiger partial charge in [-0.2, -0.15) is 0 Å². The van der Waals surface area contributed by atoms with E-state index in [0.29, 0.717) is 18.9 Å². The fourth-order valence-corrected chi connectivity index (χ4v) is 4.68. The molecular formula is C29H40N2O2. The van der Waals surface area contributed by atoms with Crippen LogP contribution in [0.4, 0.5) is 0 Å². The van der Waals surface area contributed by atoms with Crippen molar-refractivity contribution in [2.45, 2.75) is 90.1 Å². The summed E-state index contributed by atoms with van der Waals surface area (Å²) in [7, 11) is 0. The summed E-state index contributed by atoms with van der Waals surface area (Å²) < 4.78 is 0. The van der Waals surface area contributed by atoms with Gasteiger partial charge in [0.2, 0.25) is 11.8 Å². The lowest BCUT2D eigenvalue weighted by Gasteiger charge is -2.27. The van der Waals surface area contributed by atoms with Gasteiger partial charge in [0.1, 0.15) is 6.04 Å². The number of rotatable bonds is 11. The van der Waals surface area contributed by atoms with E-state index in [0.717, 1.165) is 36.8 Å². The van der Waals surface area contributed by atoms with Crippen LogP contribution in [-0.4, -0.2) is 29.3 Å². The van der Waals surface area contributed by atoms with Gasteiger partial charge >= 0.3 is 0 Å². The summed E-state index contributed by atoms with van der Waals surface area (Å²) in [5, 5.41) is 3.28. The maximum Gasteiger partial charge on any atom is 0.243 e. The first kappa shape index (κ1) is 25.0. The molecule has 178 valence electrons. The van der Waals surface area contributed by atoms with Crippen molar-refractivity contribution < 1.29 is 9.59 Å². The second kappa shape index (κ2) is 12.6. The number of likely N-dealkylation sites (tertiary alicyclic amines) is 1. The number of nitrogens with zero attached hydrogens (tertiary/aromatic N) is 1. The number of carbonyl (C=O) groups excluding carboxylic acids is 2. The monoisotopic (exact) mass is 448 g/mol. The Morgan fingerprint density at radius 2 is 1.55 bits per heavy atom. The lowest BCUT2D eigenvalue weighted by molar-refractivity contribution is -0.138. The summed E-state index contributed by atoms with van der Waals surface area (Å²) >= 11 is 0. The number of unbranched alkanes of at least 4 members (excludes halogenated alkanes) is 4. The van der Waals surface area contributed by atoms with Gasteiger partial charge in [0.15, 0.2) is 0 Å². The Labute approximate surface area is 199 Å². The van der Waals surface area contributed by atoms with E-state index < -0.39 is 0 Å². The molecule has 33 heavy (non-hydrogen) atoms. The molecule has 0 radical (unpaired) electrons. The van der Waals surface area contributed by atoms with Crippen molar-refractivity contribution in [1.29, 1.82) is 0 Å². The number of amides is 2. The van der Waals surface area contributed by atoms with Crippen LogP contribution in [0.5, 0.6) is 0 Å². The van der Waals surface area contributed by atoms with Gasteiger partial charge in [-0.15, -0.1) is 0 Å². The fourth-order valence-electron chi connectivity index (χ4n) is 4.68. The van der Waals surface area contributed by atoms with Gasteiger partial charge in [-0.1, -0.05) is 101 Å². The molecule has 1 aliphatic rings. The second-order valence-corrected chi connectivity index (χ2v) is 9.58. The summed E-state index contributed by atoms with van der Waals surface area (Å²) in [6.45, 7) is 7.24. The number of hydrogen-bond donors (Lipinski definition) is 1. The predicted molar refractivity (Wildman–Crippen MR) is 135 cm³/mol. The molecule has 1 saturated heterocycles. The minimum Gasteiger partial charge on any atom is -0.343 e. The molecule has 1 fully saturated rings. The number of benzene rings is 2. The zero-order valence-corrected chi connectivity index (χ0v) is 20.6. The van der Waals surface area contributed by atoms with Crippen LogP contribution in [0.1, 0.15) is 101 Å². The van der Waals surface area contributed by atoms with Gasteiger partial charge in [0.05, 0.1) is 6.04 Å². The van der Waals surface area contributed by atoms with E-state index in [-0.39, 0.29) is 23.9 Å². The van der Waals surface area contributed by atoms with E-state index in [2.05, 4.69) is 62.5 Å². The second-order valence-electron chi connectivity index (χ2n) is 9.58. The van der Waals surface area contributed by atoms with Gasteiger partial charge in [-0.05, 0) is 41.9 Å². The van der Waals surface area contributed by atoms with Crippen LogP contribution < -0.4 is 5.32 Å². The zero-order valence-electron chi connectivity index (χ0n) is 20.6. The molecule has 4 nitrogen and oxygen atoms in total. The Morgan fingerprint density at radius 1 is 0.909 bits per heavy atom. The largest absolute Gasteiger partial charge is 0.343 e. The standard InChI is InChI=1S/C29H40N2O2/c1-4-5-6-7-11-16-27(32)31-21-12-15-26(31)29(33)30-28(24-13-9-8-10-14-24)25-19-17-23(18-20-25)22(2)3/h8-10,13-14,17-20,22,26,28H,4-7,11-12,15-16,21H2,1-3H3,(H,30,33)/t26-,28-/m0/s1. The summed E-state index contributed by atoms with van der Waals surface area (Å²) in [5.41, 5.74) is 3.39. The van der Waals surface area contributed by atoms with Crippen molar-refractivity contribution in [3.8, 4) is 0 Å². The molecule has 2 aromatic rings. The molecule has 0 aromatic heterocycles. The summed E-state index contributed by atoms with van der Waals surface area (Å²) in [4.78, 5) is 28.1. The predicted octanol–water partition coefficient (Wildman–Crippen LogP) is 6.37. The van der Waals surface area contributed by atoms with Gasteiger partial charge in [0.25, 0.3) is 0 Å². The van der Waals surface area contributed by atoms with Gasteiger partial charge in [0, 0.05) is 13.0 Å². The first-order valence-electron chi connectivity index (χ1n) is 12.8. The molecule has 0 saturated carbocycles. The van der Waals surface area contributed by atoms with Gasteiger partial charge in [-0.3, -0.25) is 9.59 Å². The van der Waals surface area contributed by atoms with Crippen LogP contribution >= 0.6 is 0 Å². The first-order valence-corrected chi connectivity index (χ1v) is 12.8. The molecule has 2 atom stereocenters. The van der Waals surface area contributed by atoms with Crippen LogP contribution in [0.25, 0.3) is 0 Å². The summed E-state index contributed by atoms with van der Waals surface area (Å²) in [5.74, 6) is 0.541. The van der Waals surface area contributed by atoms with Crippen LogP contribution in [0, 0.1) is 0 Å². The van der Waals surface area contributed by atoms with E-state index in [1.807, 2.05) is 23.1 Å². The SMILES string of the molecule is CCCCCCCC(=O)N1CCC[C@H]1C(=O)N[C@@H](c1ccccc1)c1ccc(C(C)C)cc1. The molecule has 0 spiro atoms. The van der Waals surface area contributed by atoms with Crippen molar-refractivity contribution in [1.82, 2.24) is 10.2 Å². The maximum atomic E-state index is 13.4. The third-order valence-electron chi connectivity index (χ3n) is 6.73. The highest BCUT2D eigenvalue weighted by Crippen LogP contribution is 2.26. The first-order chi connectivity index (χ1) is 16.0. The van der Waals surface area contributed by atoms with Gasteiger partial charge in [-0.25, -0.2) is 0 Å². The van der Waals surface area contributed by atoms with E-state index in [1.54, 1.807) is 0 Å². The van der Waals surface area contributed by atoms with Crippen LogP contribution in [0.2, 0.25) is 0 Å². The minimum absolute atomic E-state index is 0.0476. The fraction of sp³-hybridized carbons (Fsp3) is 0.517. The Balaban J connectivity index is 1.70. The van der Waals surface area contributed by atoms with Crippen molar-refractivity contribution in [2.75, 3.05) is 6.54 Å². The molecule has 0 aliphatic carbocycles. The average Bonchev–Trinajstić information content (AvgIpc) is 3.33. The Morgan fingerprint density at radius 3 is 2.21 bits per heavy atom. The van der Waals surface area contributed by atoms with E-state index in [1.165, 1.54) is 24.8 Å².